The van der Waals surface area contributed by atoms with Gasteiger partial charge in [0.25, 0.3) is 0 Å². The largest absolute Gasteiger partial charge is 0.396 e. The molecule has 3 unspecified atom stereocenters. The lowest BCUT2D eigenvalue weighted by atomic mass is 9.84. The summed E-state index contributed by atoms with van der Waals surface area (Å²) in [4.78, 5) is 0. The number of ether oxygens (including phenoxy) is 1. The Kier molecular flexibility index (Phi) is 4.16. The Morgan fingerprint density at radius 3 is 2.95 bits per heavy atom. The van der Waals surface area contributed by atoms with E-state index >= 15 is 0 Å². The predicted octanol–water partition coefficient (Wildman–Crippen LogP) is 2.40. The van der Waals surface area contributed by atoms with Crippen molar-refractivity contribution >= 4 is 0 Å². The summed E-state index contributed by atoms with van der Waals surface area (Å²) in [6.07, 6.45) is 4.83. The molecule has 1 aromatic carbocycles. The molecule has 1 aliphatic carbocycles. The molecule has 0 radical (unpaired) electrons. The van der Waals surface area contributed by atoms with Crippen molar-refractivity contribution < 1.29 is 9.84 Å². The highest BCUT2D eigenvalue weighted by Gasteiger charge is 2.29. The van der Waals surface area contributed by atoms with Gasteiger partial charge in [-0.2, -0.15) is 0 Å². The normalized spacial score (nSPS) is 30.9. The zero-order valence-electron chi connectivity index (χ0n) is 11.3. The minimum Gasteiger partial charge on any atom is -0.396 e. The van der Waals surface area contributed by atoms with Crippen LogP contribution in [0, 0.1) is 5.92 Å². The van der Waals surface area contributed by atoms with E-state index < -0.39 is 0 Å². The molecule has 1 aromatic rings. The van der Waals surface area contributed by atoms with E-state index in [1.807, 2.05) is 0 Å². The first-order valence-corrected chi connectivity index (χ1v) is 7.41. The summed E-state index contributed by atoms with van der Waals surface area (Å²) in [7, 11) is 0. The number of rotatable bonds is 3. The van der Waals surface area contributed by atoms with Crippen LogP contribution in [-0.4, -0.2) is 24.4 Å². The second-order valence-corrected chi connectivity index (χ2v) is 5.77. The van der Waals surface area contributed by atoms with Crippen molar-refractivity contribution in [2.45, 2.75) is 44.4 Å². The Morgan fingerprint density at radius 1 is 1.21 bits per heavy atom. The Labute approximate surface area is 115 Å². The molecule has 3 atom stereocenters. The van der Waals surface area contributed by atoms with Crippen molar-refractivity contribution in [3.05, 3.63) is 35.4 Å². The van der Waals surface area contributed by atoms with Gasteiger partial charge in [-0.3, -0.25) is 0 Å². The molecule has 0 spiro atoms. The van der Waals surface area contributed by atoms with E-state index in [2.05, 4.69) is 29.6 Å². The zero-order valence-corrected chi connectivity index (χ0v) is 11.3. The van der Waals surface area contributed by atoms with Gasteiger partial charge in [-0.25, -0.2) is 0 Å². The van der Waals surface area contributed by atoms with Crippen molar-refractivity contribution in [1.82, 2.24) is 5.32 Å². The first-order valence-electron chi connectivity index (χ1n) is 7.41. The summed E-state index contributed by atoms with van der Waals surface area (Å²) >= 11 is 0. The van der Waals surface area contributed by atoms with Crippen molar-refractivity contribution in [1.29, 1.82) is 0 Å². The van der Waals surface area contributed by atoms with Gasteiger partial charge in [0.2, 0.25) is 0 Å². The van der Waals surface area contributed by atoms with E-state index in [1.54, 1.807) is 0 Å². The second kappa shape index (κ2) is 6.04. The van der Waals surface area contributed by atoms with Gasteiger partial charge >= 0.3 is 0 Å². The minimum atomic E-state index is 0.280. The van der Waals surface area contributed by atoms with Gasteiger partial charge in [-0.05, 0) is 29.9 Å². The van der Waals surface area contributed by atoms with Gasteiger partial charge in [-0.15, -0.1) is 0 Å². The Hall–Kier alpha value is -0.900. The Balaban J connectivity index is 1.73. The third kappa shape index (κ3) is 2.83. The molecule has 1 fully saturated rings. The van der Waals surface area contributed by atoms with E-state index in [9.17, 15) is 5.11 Å². The molecule has 1 aliphatic heterocycles. The van der Waals surface area contributed by atoms with E-state index in [1.165, 1.54) is 30.4 Å². The molecule has 3 heteroatoms. The maximum Gasteiger partial charge on any atom is 0.0721 e. The van der Waals surface area contributed by atoms with Crippen LogP contribution in [0.15, 0.2) is 24.3 Å². The van der Waals surface area contributed by atoms with Gasteiger partial charge in [0, 0.05) is 12.6 Å². The Morgan fingerprint density at radius 2 is 2.05 bits per heavy atom. The molecule has 3 rings (SSSR count). The molecule has 0 bridgehead atoms. The van der Waals surface area contributed by atoms with Crippen molar-refractivity contribution in [2.75, 3.05) is 13.2 Å². The fourth-order valence-corrected chi connectivity index (χ4v) is 3.42. The topological polar surface area (TPSA) is 41.5 Å². The Bertz CT molecular complexity index is 421. The number of hydrogen-bond donors (Lipinski definition) is 2. The van der Waals surface area contributed by atoms with Gasteiger partial charge in [0.15, 0.2) is 0 Å². The van der Waals surface area contributed by atoms with Crippen LogP contribution in [0.2, 0.25) is 0 Å². The molecule has 1 saturated carbocycles. The summed E-state index contributed by atoms with van der Waals surface area (Å²) in [5.74, 6) is 0.405. The third-order valence-electron chi connectivity index (χ3n) is 4.53. The molecule has 104 valence electrons. The summed E-state index contributed by atoms with van der Waals surface area (Å²) in [5.41, 5.74) is 2.67. The van der Waals surface area contributed by atoms with Crippen LogP contribution in [0.1, 0.15) is 42.9 Å². The molecular formula is C16H23NO2. The SMILES string of the molecule is OCC1CCCCC1NC1COCc2ccccc21. The number of aliphatic hydroxyl groups is 1. The monoisotopic (exact) mass is 261 g/mol. The van der Waals surface area contributed by atoms with E-state index in [-0.39, 0.29) is 6.04 Å². The summed E-state index contributed by atoms with van der Waals surface area (Å²) in [6.45, 7) is 1.76. The average molecular weight is 261 g/mol. The number of fused-ring (bicyclic) bond motifs is 1. The summed E-state index contributed by atoms with van der Waals surface area (Å²) in [5, 5.41) is 13.2. The van der Waals surface area contributed by atoms with Crippen LogP contribution in [0.5, 0.6) is 0 Å². The number of hydrogen-bond acceptors (Lipinski definition) is 3. The molecule has 1 heterocycles. The fraction of sp³-hybridized carbons (Fsp3) is 0.625. The van der Waals surface area contributed by atoms with Crippen LogP contribution in [-0.2, 0) is 11.3 Å². The van der Waals surface area contributed by atoms with E-state index in [0.717, 1.165) is 19.6 Å². The smallest absolute Gasteiger partial charge is 0.0721 e. The molecule has 0 aromatic heterocycles. The van der Waals surface area contributed by atoms with Crippen LogP contribution in [0.4, 0.5) is 0 Å². The lowest BCUT2D eigenvalue weighted by Gasteiger charge is -2.36. The molecule has 0 amide bonds. The van der Waals surface area contributed by atoms with Gasteiger partial charge in [0.1, 0.15) is 0 Å². The number of benzene rings is 1. The van der Waals surface area contributed by atoms with Crippen molar-refractivity contribution in [2.24, 2.45) is 5.92 Å². The average Bonchev–Trinajstić information content (AvgIpc) is 2.48. The molecule has 3 nitrogen and oxygen atoms in total. The second-order valence-electron chi connectivity index (χ2n) is 5.77. The van der Waals surface area contributed by atoms with Crippen LogP contribution in [0.25, 0.3) is 0 Å². The maximum absolute atomic E-state index is 9.51. The summed E-state index contributed by atoms with van der Waals surface area (Å²) in [6, 6.07) is 9.23. The maximum atomic E-state index is 9.51. The van der Waals surface area contributed by atoms with Crippen LogP contribution in [0.3, 0.4) is 0 Å². The van der Waals surface area contributed by atoms with Gasteiger partial charge in [0.05, 0.1) is 19.3 Å². The minimum absolute atomic E-state index is 0.280. The summed E-state index contributed by atoms with van der Waals surface area (Å²) < 4.78 is 5.69. The predicted molar refractivity (Wildman–Crippen MR) is 74.8 cm³/mol. The molecule has 2 N–H and O–H groups in total. The third-order valence-corrected chi connectivity index (χ3v) is 4.53. The first kappa shape index (κ1) is 13.1. The fourth-order valence-electron chi connectivity index (χ4n) is 3.42. The molecule has 2 aliphatic rings. The first-order chi connectivity index (χ1) is 9.38. The molecule has 0 saturated heterocycles. The van der Waals surface area contributed by atoms with Gasteiger partial charge in [-0.1, -0.05) is 37.1 Å². The highest BCUT2D eigenvalue weighted by atomic mass is 16.5. The molecule has 19 heavy (non-hydrogen) atoms. The van der Waals surface area contributed by atoms with Crippen molar-refractivity contribution in [3.63, 3.8) is 0 Å². The highest BCUT2D eigenvalue weighted by molar-refractivity contribution is 5.31. The van der Waals surface area contributed by atoms with E-state index in [4.69, 9.17) is 4.74 Å². The highest BCUT2D eigenvalue weighted by Crippen LogP contribution is 2.29. The van der Waals surface area contributed by atoms with Crippen LogP contribution < -0.4 is 5.32 Å². The number of nitrogens with one attached hydrogen (secondary N) is 1. The van der Waals surface area contributed by atoms with Crippen LogP contribution >= 0.6 is 0 Å². The number of aliphatic hydroxyl groups excluding tert-OH is 1. The standard InChI is InChI=1S/C16H23NO2/c18-9-12-5-2-4-8-15(12)17-16-11-19-10-13-6-1-3-7-14(13)16/h1,3,6-7,12,15-18H,2,4-5,8-11H2. The lowest BCUT2D eigenvalue weighted by molar-refractivity contribution is 0.0661. The van der Waals surface area contributed by atoms with Crippen molar-refractivity contribution in [3.8, 4) is 0 Å². The lowest BCUT2D eigenvalue weighted by Crippen LogP contribution is -2.44. The molecular weight excluding hydrogens is 238 g/mol. The quantitative estimate of drug-likeness (QED) is 0.878. The zero-order chi connectivity index (χ0) is 13.1. The van der Waals surface area contributed by atoms with E-state index in [0.29, 0.717) is 18.6 Å². The van der Waals surface area contributed by atoms with Gasteiger partial charge < -0.3 is 15.2 Å².